The molecule has 13 heavy (non-hydrogen) atoms. The maximum atomic E-state index is 10.4. The number of carboxylic acid groups (broad SMARTS) is 2. The second-order valence-corrected chi connectivity index (χ2v) is 2.55. The highest BCUT2D eigenvalue weighted by molar-refractivity contribution is 6.03. The molecule has 0 atom stereocenters. The molecule has 0 aliphatic rings. The summed E-state index contributed by atoms with van der Waals surface area (Å²) in [4.78, 5) is 31.1. The van der Waals surface area contributed by atoms with Gasteiger partial charge in [0.2, 0.25) is 11.4 Å². The largest absolute Gasteiger partial charge is 0.479 e. The first-order valence-corrected chi connectivity index (χ1v) is 3.34. The Balaban J connectivity index is 4.52. The summed E-state index contributed by atoms with van der Waals surface area (Å²) in [5, 5.41) is 16.9. The molecule has 0 aromatic rings. The summed E-state index contributed by atoms with van der Waals surface area (Å²) >= 11 is 0. The van der Waals surface area contributed by atoms with Crippen LogP contribution in [0.2, 0.25) is 0 Å². The van der Waals surface area contributed by atoms with Crippen molar-refractivity contribution in [3.05, 3.63) is 0 Å². The maximum Gasteiger partial charge on any atom is 0.335 e. The normalized spacial score (nSPS) is 10.8. The van der Waals surface area contributed by atoms with E-state index in [1.165, 1.54) is 0 Å². The third-order valence-corrected chi connectivity index (χ3v) is 1.53. The average molecular weight is 190 g/mol. The Kier molecular flexibility index (Phi) is 3.37. The van der Waals surface area contributed by atoms with Gasteiger partial charge in [-0.3, -0.25) is 4.79 Å². The Bertz CT molecular complexity index is 235. The van der Waals surface area contributed by atoms with Gasteiger partial charge in [-0.05, 0) is 6.42 Å². The highest BCUT2D eigenvalue weighted by Gasteiger charge is 2.42. The molecule has 0 spiro atoms. The molecule has 0 radical (unpaired) electrons. The molecule has 0 aromatic heterocycles. The van der Waals surface area contributed by atoms with Crippen molar-refractivity contribution in [1.82, 2.24) is 0 Å². The molecule has 0 aliphatic heterocycles. The van der Waals surface area contributed by atoms with Gasteiger partial charge in [-0.2, -0.15) is 0 Å². The molecule has 0 saturated carbocycles. The molecule has 7 nitrogen and oxygen atoms in total. The standard InChI is InChI=1S/C6H10N2O5/c7-3(9)1-2-6(8,4(10)11)5(12)13/h1-2,8H2,(H2,7,9)(H,10,11)(H,12,13). The molecular weight excluding hydrogens is 180 g/mol. The lowest BCUT2D eigenvalue weighted by Crippen LogP contribution is -2.55. The van der Waals surface area contributed by atoms with E-state index in [9.17, 15) is 14.4 Å². The number of nitrogens with two attached hydrogens (primary N) is 2. The van der Waals surface area contributed by atoms with Gasteiger partial charge in [0.05, 0.1) is 0 Å². The fraction of sp³-hybridized carbons (Fsp3) is 0.500. The van der Waals surface area contributed by atoms with Gasteiger partial charge >= 0.3 is 11.9 Å². The van der Waals surface area contributed by atoms with Crippen LogP contribution in [-0.2, 0) is 14.4 Å². The molecular formula is C6H10N2O5. The Morgan fingerprint density at radius 1 is 1.15 bits per heavy atom. The number of hydrogen-bond acceptors (Lipinski definition) is 4. The molecule has 0 aliphatic carbocycles. The molecule has 0 fully saturated rings. The smallest absolute Gasteiger partial charge is 0.335 e. The van der Waals surface area contributed by atoms with Crippen molar-refractivity contribution < 1.29 is 24.6 Å². The van der Waals surface area contributed by atoms with Crippen molar-refractivity contribution in [1.29, 1.82) is 0 Å². The Hall–Kier alpha value is -1.63. The van der Waals surface area contributed by atoms with Crippen molar-refractivity contribution in [2.75, 3.05) is 0 Å². The monoisotopic (exact) mass is 190 g/mol. The van der Waals surface area contributed by atoms with Crippen LogP contribution < -0.4 is 11.5 Å². The molecule has 0 heterocycles. The first-order valence-electron chi connectivity index (χ1n) is 3.34. The number of carbonyl (C=O) groups excluding carboxylic acids is 1. The number of carboxylic acids is 2. The average Bonchev–Trinajstić information content (AvgIpc) is 1.99. The lowest BCUT2D eigenvalue weighted by atomic mass is 9.95. The zero-order chi connectivity index (χ0) is 10.6. The third-order valence-electron chi connectivity index (χ3n) is 1.53. The molecule has 6 N–H and O–H groups in total. The third kappa shape index (κ3) is 2.71. The van der Waals surface area contributed by atoms with Gasteiger partial charge in [0.25, 0.3) is 0 Å². The first kappa shape index (κ1) is 11.4. The predicted octanol–water partition coefficient (Wildman–Crippen LogP) is -1.88. The zero-order valence-electron chi connectivity index (χ0n) is 6.69. The molecule has 0 rings (SSSR count). The predicted molar refractivity (Wildman–Crippen MR) is 40.6 cm³/mol. The van der Waals surface area contributed by atoms with Gasteiger partial charge in [-0.15, -0.1) is 0 Å². The van der Waals surface area contributed by atoms with E-state index in [0.717, 1.165) is 0 Å². The molecule has 0 aromatic carbocycles. The van der Waals surface area contributed by atoms with Crippen LogP contribution in [0, 0.1) is 0 Å². The van der Waals surface area contributed by atoms with Gasteiger partial charge in [0.1, 0.15) is 0 Å². The van der Waals surface area contributed by atoms with Crippen LogP contribution in [0.3, 0.4) is 0 Å². The fourth-order valence-electron chi connectivity index (χ4n) is 0.626. The van der Waals surface area contributed by atoms with Gasteiger partial charge in [0.15, 0.2) is 0 Å². The molecule has 0 bridgehead atoms. The van der Waals surface area contributed by atoms with Crippen molar-refractivity contribution in [2.24, 2.45) is 11.5 Å². The van der Waals surface area contributed by atoms with Crippen LogP contribution in [0.25, 0.3) is 0 Å². The van der Waals surface area contributed by atoms with Gasteiger partial charge in [-0.1, -0.05) is 0 Å². The van der Waals surface area contributed by atoms with Crippen LogP contribution in [0.1, 0.15) is 12.8 Å². The highest BCUT2D eigenvalue weighted by Crippen LogP contribution is 2.10. The van der Waals surface area contributed by atoms with Crippen molar-refractivity contribution >= 4 is 17.8 Å². The van der Waals surface area contributed by atoms with E-state index >= 15 is 0 Å². The second kappa shape index (κ2) is 3.85. The summed E-state index contributed by atoms with van der Waals surface area (Å²) in [5.41, 5.74) is 7.31. The number of carbonyl (C=O) groups is 3. The lowest BCUT2D eigenvalue weighted by molar-refractivity contribution is -0.157. The molecule has 1 amide bonds. The van der Waals surface area contributed by atoms with Crippen LogP contribution in [0.15, 0.2) is 0 Å². The number of hydrogen-bond donors (Lipinski definition) is 4. The topological polar surface area (TPSA) is 144 Å². The Labute approximate surface area is 73.3 Å². The summed E-state index contributed by atoms with van der Waals surface area (Å²) in [7, 11) is 0. The van der Waals surface area contributed by atoms with Gasteiger partial charge in [0, 0.05) is 6.42 Å². The van der Waals surface area contributed by atoms with E-state index in [1.54, 1.807) is 0 Å². The number of primary amides is 1. The minimum Gasteiger partial charge on any atom is -0.479 e. The van der Waals surface area contributed by atoms with E-state index < -0.39 is 29.8 Å². The van der Waals surface area contributed by atoms with Crippen molar-refractivity contribution in [3.63, 3.8) is 0 Å². The Morgan fingerprint density at radius 3 is 1.77 bits per heavy atom. The van der Waals surface area contributed by atoms with Crippen LogP contribution in [-0.4, -0.2) is 33.6 Å². The summed E-state index contributed by atoms with van der Waals surface area (Å²) in [6.45, 7) is 0. The first-order chi connectivity index (χ1) is 5.80. The summed E-state index contributed by atoms with van der Waals surface area (Å²) in [6, 6.07) is 0. The van der Waals surface area contributed by atoms with Crippen LogP contribution in [0.4, 0.5) is 0 Å². The quantitative estimate of drug-likeness (QED) is 0.373. The number of amides is 1. The van der Waals surface area contributed by atoms with E-state index in [2.05, 4.69) is 0 Å². The highest BCUT2D eigenvalue weighted by atomic mass is 16.4. The van der Waals surface area contributed by atoms with E-state index in [4.69, 9.17) is 21.7 Å². The SMILES string of the molecule is NC(=O)CCC(N)(C(=O)O)C(=O)O. The summed E-state index contributed by atoms with van der Waals surface area (Å²) < 4.78 is 0. The minimum atomic E-state index is -2.44. The van der Waals surface area contributed by atoms with Crippen LogP contribution in [0.5, 0.6) is 0 Å². The maximum absolute atomic E-state index is 10.4. The van der Waals surface area contributed by atoms with E-state index in [0.29, 0.717) is 0 Å². The Morgan fingerprint density at radius 2 is 1.54 bits per heavy atom. The summed E-state index contributed by atoms with van der Waals surface area (Å²) in [5.74, 6) is -4.18. The zero-order valence-corrected chi connectivity index (χ0v) is 6.69. The number of aliphatic carboxylic acids is 2. The number of rotatable bonds is 5. The molecule has 0 unspecified atom stereocenters. The van der Waals surface area contributed by atoms with Crippen molar-refractivity contribution in [3.8, 4) is 0 Å². The van der Waals surface area contributed by atoms with E-state index in [1.807, 2.05) is 0 Å². The second-order valence-electron chi connectivity index (χ2n) is 2.55. The molecule has 7 heteroatoms. The fourth-order valence-corrected chi connectivity index (χ4v) is 0.626. The molecule has 0 saturated heterocycles. The lowest BCUT2D eigenvalue weighted by Gasteiger charge is -2.18. The van der Waals surface area contributed by atoms with Gasteiger partial charge in [-0.25, -0.2) is 9.59 Å². The van der Waals surface area contributed by atoms with Crippen molar-refractivity contribution in [2.45, 2.75) is 18.4 Å². The van der Waals surface area contributed by atoms with Crippen LogP contribution >= 0.6 is 0 Å². The minimum absolute atomic E-state index is 0.380. The summed E-state index contributed by atoms with van der Waals surface area (Å²) in [6.07, 6.45) is -0.901. The van der Waals surface area contributed by atoms with Gasteiger partial charge < -0.3 is 21.7 Å². The van der Waals surface area contributed by atoms with E-state index in [-0.39, 0.29) is 6.42 Å². The molecule has 74 valence electrons.